The van der Waals surface area contributed by atoms with Gasteiger partial charge in [0.1, 0.15) is 34.6 Å². The Balaban J connectivity index is 1.53. The van der Waals surface area contributed by atoms with Gasteiger partial charge < -0.3 is 4.74 Å². The average Bonchev–Trinajstić information content (AvgIpc) is 2.93. The van der Waals surface area contributed by atoms with Crippen LogP contribution in [0.25, 0.3) is 0 Å². The van der Waals surface area contributed by atoms with Crippen LogP contribution in [-0.4, -0.2) is 0 Å². The Morgan fingerprint density at radius 3 is 1.65 bits per heavy atom. The number of aryl methyl sites for hydroxylation is 1. The molecule has 0 aliphatic rings. The largest absolute Gasteiger partial charge is 0.432 e. The van der Waals surface area contributed by atoms with Crippen LogP contribution in [0.2, 0.25) is 0 Å². The molecule has 0 atom stereocenters. The highest BCUT2D eigenvalue weighted by atomic mass is 19.3. The zero-order valence-electron chi connectivity index (χ0n) is 21.8. The minimum Gasteiger partial charge on any atom is -0.429 e. The Morgan fingerprint density at radius 1 is 0.628 bits per heavy atom. The first-order valence-electron chi connectivity index (χ1n) is 12.3. The first-order valence-corrected chi connectivity index (χ1v) is 12.3. The van der Waals surface area contributed by atoms with Crippen LogP contribution in [0.4, 0.5) is 39.5 Å². The van der Waals surface area contributed by atoms with E-state index in [-0.39, 0.29) is 16.7 Å². The Labute approximate surface area is 240 Å². The second-order valence-corrected chi connectivity index (χ2v) is 8.97. The first kappa shape index (κ1) is 30.9. The predicted molar refractivity (Wildman–Crippen MR) is 140 cm³/mol. The zero-order valence-corrected chi connectivity index (χ0v) is 21.8. The second kappa shape index (κ2) is 12.8. The summed E-state index contributed by atoms with van der Waals surface area (Å²) in [6, 6.07) is 8.57. The summed E-state index contributed by atoms with van der Waals surface area (Å²) in [5, 5.41) is 0. The van der Waals surface area contributed by atoms with Crippen molar-refractivity contribution in [1.82, 2.24) is 0 Å². The third kappa shape index (κ3) is 7.41. The van der Waals surface area contributed by atoms with E-state index >= 15 is 0 Å². The summed E-state index contributed by atoms with van der Waals surface area (Å²) >= 11 is 0. The highest BCUT2D eigenvalue weighted by Gasteiger charge is 2.41. The molecular formula is C33H17F9O. The summed E-state index contributed by atoms with van der Waals surface area (Å²) in [6.07, 6.45) is -1.76. The van der Waals surface area contributed by atoms with E-state index in [9.17, 15) is 39.5 Å². The average molecular weight is 600 g/mol. The molecule has 0 fully saturated rings. The highest BCUT2D eigenvalue weighted by Crippen LogP contribution is 2.36. The summed E-state index contributed by atoms with van der Waals surface area (Å²) in [5.74, 6) is -1.79. The molecule has 4 aromatic carbocycles. The lowest BCUT2D eigenvalue weighted by atomic mass is 10.1. The molecule has 4 rings (SSSR count). The Bertz CT molecular complexity index is 1790. The number of alkyl halides is 2. The van der Waals surface area contributed by atoms with E-state index in [4.69, 9.17) is 0 Å². The second-order valence-electron chi connectivity index (χ2n) is 8.97. The van der Waals surface area contributed by atoms with Crippen molar-refractivity contribution >= 4 is 0 Å². The molecule has 0 saturated carbocycles. The number of hydrogen-bond acceptors (Lipinski definition) is 1. The fraction of sp³-hybridized carbons (Fsp3) is 0.0909. The molecule has 0 aliphatic heterocycles. The summed E-state index contributed by atoms with van der Waals surface area (Å²) in [5.41, 5.74) is -2.27. The molecule has 0 aliphatic carbocycles. The number of allylic oxidation sites excluding steroid dienone is 1. The first-order chi connectivity index (χ1) is 20.4. The summed E-state index contributed by atoms with van der Waals surface area (Å²) in [6.45, 7) is 3.58. The maximum Gasteiger partial charge on any atom is 0.432 e. The van der Waals surface area contributed by atoms with Crippen LogP contribution in [0, 0.1) is 64.4 Å². The molecular weight excluding hydrogens is 583 g/mol. The van der Waals surface area contributed by atoms with Gasteiger partial charge in [-0.05, 0) is 66.9 Å². The van der Waals surface area contributed by atoms with E-state index in [1.807, 2.05) is 0 Å². The van der Waals surface area contributed by atoms with Crippen LogP contribution in [0.1, 0.15) is 39.8 Å². The van der Waals surface area contributed by atoms with Crippen LogP contribution >= 0.6 is 0 Å². The summed E-state index contributed by atoms with van der Waals surface area (Å²) in [4.78, 5) is 0. The minimum atomic E-state index is -4.61. The van der Waals surface area contributed by atoms with Gasteiger partial charge in [-0.15, -0.1) is 6.58 Å². The molecule has 0 aromatic heterocycles. The zero-order chi connectivity index (χ0) is 31.3. The van der Waals surface area contributed by atoms with Crippen LogP contribution in [0.3, 0.4) is 0 Å². The number of hydrogen-bond donors (Lipinski definition) is 0. The van der Waals surface area contributed by atoms with Crippen molar-refractivity contribution in [1.29, 1.82) is 0 Å². The lowest BCUT2D eigenvalue weighted by Crippen LogP contribution is -2.25. The van der Waals surface area contributed by atoms with E-state index in [1.54, 1.807) is 12.1 Å². The number of benzene rings is 4. The smallest absolute Gasteiger partial charge is 0.429 e. The van der Waals surface area contributed by atoms with Gasteiger partial charge in [-0.2, -0.15) is 8.78 Å². The summed E-state index contributed by atoms with van der Waals surface area (Å²) < 4.78 is 132. The molecule has 43 heavy (non-hydrogen) atoms. The molecule has 10 heteroatoms. The quantitative estimate of drug-likeness (QED) is 0.0932. The van der Waals surface area contributed by atoms with Crippen LogP contribution < -0.4 is 4.74 Å². The van der Waals surface area contributed by atoms with Crippen molar-refractivity contribution < 1.29 is 44.3 Å². The van der Waals surface area contributed by atoms with Crippen molar-refractivity contribution in [2.24, 2.45) is 0 Å². The molecule has 0 unspecified atom stereocenters. The molecule has 218 valence electrons. The molecule has 0 bridgehead atoms. The molecule has 0 saturated heterocycles. The lowest BCUT2D eigenvalue weighted by molar-refractivity contribution is -0.189. The Kier molecular flexibility index (Phi) is 9.21. The lowest BCUT2D eigenvalue weighted by Gasteiger charge is -2.19. The fourth-order valence-electron chi connectivity index (χ4n) is 3.77. The standard InChI is InChI=1S/C33H17F9O/c1-2-3-4-19-5-8-22(25(34)13-19)9-6-20-14-27(36)31(28(37)15-20)33(41,42)43-24-12-11-23(26(35)18-24)10-7-21-16-29(38)32(40)30(39)17-21/h2,5,8,11-18H,1,3-4H2. The van der Waals surface area contributed by atoms with Crippen LogP contribution in [0.5, 0.6) is 5.75 Å². The van der Waals surface area contributed by atoms with Crippen molar-refractivity contribution in [3.63, 3.8) is 0 Å². The van der Waals surface area contributed by atoms with Gasteiger partial charge in [0.2, 0.25) is 0 Å². The van der Waals surface area contributed by atoms with Crippen molar-refractivity contribution in [3.8, 4) is 29.4 Å². The molecule has 0 spiro atoms. The van der Waals surface area contributed by atoms with E-state index in [1.165, 1.54) is 12.1 Å². The van der Waals surface area contributed by atoms with Crippen LogP contribution in [0.15, 0.2) is 73.3 Å². The van der Waals surface area contributed by atoms with Gasteiger partial charge in [-0.25, -0.2) is 30.7 Å². The summed E-state index contributed by atoms with van der Waals surface area (Å²) in [7, 11) is 0. The van der Waals surface area contributed by atoms with Crippen molar-refractivity contribution in [2.75, 3.05) is 0 Å². The van der Waals surface area contributed by atoms with Gasteiger partial charge in [-0.1, -0.05) is 35.8 Å². The SMILES string of the molecule is C=CCCc1ccc(C#Cc2cc(F)c(C(F)(F)Oc3ccc(C#Cc4cc(F)c(F)c(F)c4)c(F)c3)c(F)c2)c(F)c1. The van der Waals surface area contributed by atoms with Crippen molar-refractivity contribution in [3.05, 3.63) is 147 Å². The third-order valence-electron chi connectivity index (χ3n) is 5.86. The van der Waals surface area contributed by atoms with E-state index in [2.05, 4.69) is 35.0 Å². The van der Waals surface area contributed by atoms with Crippen LogP contribution in [-0.2, 0) is 12.5 Å². The molecule has 0 amide bonds. The molecule has 4 aromatic rings. The van der Waals surface area contributed by atoms with Gasteiger partial charge in [0, 0.05) is 17.2 Å². The van der Waals surface area contributed by atoms with Gasteiger partial charge in [0.25, 0.3) is 0 Å². The maximum absolute atomic E-state index is 14.8. The van der Waals surface area contributed by atoms with Gasteiger partial charge in [-0.3, -0.25) is 0 Å². The molecule has 1 nitrogen and oxygen atoms in total. The normalized spacial score (nSPS) is 10.8. The van der Waals surface area contributed by atoms with E-state index < -0.39 is 63.7 Å². The van der Waals surface area contributed by atoms with Crippen molar-refractivity contribution in [2.45, 2.75) is 19.0 Å². The molecule has 0 N–H and O–H groups in total. The Hall–Kier alpha value is -5.09. The predicted octanol–water partition coefficient (Wildman–Crippen LogP) is 8.71. The number of ether oxygens (including phenoxy) is 1. The topological polar surface area (TPSA) is 9.23 Å². The molecule has 0 heterocycles. The number of rotatable bonds is 6. The molecule has 0 radical (unpaired) electrons. The van der Waals surface area contributed by atoms with E-state index in [0.29, 0.717) is 48.7 Å². The minimum absolute atomic E-state index is 0.0759. The maximum atomic E-state index is 14.8. The van der Waals surface area contributed by atoms with Gasteiger partial charge in [0.05, 0.1) is 11.1 Å². The highest BCUT2D eigenvalue weighted by molar-refractivity contribution is 5.47. The van der Waals surface area contributed by atoms with Gasteiger partial charge >= 0.3 is 6.11 Å². The Morgan fingerprint density at radius 2 is 1.14 bits per heavy atom. The van der Waals surface area contributed by atoms with E-state index in [0.717, 1.165) is 12.1 Å². The van der Waals surface area contributed by atoms with Gasteiger partial charge in [0.15, 0.2) is 17.5 Å². The fourth-order valence-corrected chi connectivity index (χ4v) is 3.77. The monoisotopic (exact) mass is 600 g/mol. The number of halogens is 9. The third-order valence-corrected chi connectivity index (χ3v) is 5.86.